The van der Waals surface area contributed by atoms with Crippen molar-refractivity contribution in [3.05, 3.63) is 36.0 Å². The maximum atomic E-state index is 8.68. The van der Waals surface area contributed by atoms with Crippen molar-refractivity contribution in [2.24, 2.45) is 5.73 Å². The first kappa shape index (κ1) is 9.75. The lowest BCUT2D eigenvalue weighted by Gasteiger charge is -2.02. The highest BCUT2D eigenvalue weighted by Crippen LogP contribution is 2.17. The van der Waals surface area contributed by atoms with Gasteiger partial charge in [-0.3, -0.25) is 0 Å². The minimum absolute atomic E-state index is 0.398. The second-order valence-corrected chi connectivity index (χ2v) is 3.53. The Balaban J connectivity index is 2.47. The highest BCUT2D eigenvalue weighted by molar-refractivity contribution is 5.80. The van der Waals surface area contributed by atoms with E-state index >= 15 is 0 Å². The van der Waals surface area contributed by atoms with Crippen LogP contribution in [0.25, 0.3) is 10.9 Å². The summed E-state index contributed by atoms with van der Waals surface area (Å²) in [4.78, 5) is 0. The summed E-state index contributed by atoms with van der Waals surface area (Å²) in [6.45, 7) is 1.06. The van der Waals surface area contributed by atoms with E-state index in [0.29, 0.717) is 13.1 Å². The molecule has 3 nitrogen and oxygen atoms in total. The van der Waals surface area contributed by atoms with Crippen LogP contribution in [-0.4, -0.2) is 11.1 Å². The number of hydrogen-bond donors (Lipinski definition) is 1. The third-order valence-corrected chi connectivity index (χ3v) is 2.51. The van der Waals surface area contributed by atoms with Crippen LogP contribution in [0.15, 0.2) is 30.5 Å². The van der Waals surface area contributed by atoms with Gasteiger partial charge >= 0.3 is 0 Å². The average Bonchev–Trinajstić information content (AvgIpc) is 2.63. The Hall–Kier alpha value is -1.79. The predicted molar refractivity (Wildman–Crippen MR) is 60.3 cm³/mol. The molecular weight excluding hydrogens is 186 g/mol. The third kappa shape index (κ3) is 1.85. The fourth-order valence-electron chi connectivity index (χ4n) is 1.77. The Kier molecular flexibility index (Phi) is 2.70. The van der Waals surface area contributed by atoms with E-state index in [1.54, 1.807) is 0 Å². The molecule has 0 spiro atoms. The molecule has 0 bridgehead atoms. The average molecular weight is 199 g/mol. The van der Waals surface area contributed by atoms with Crippen molar-refractivity contribution in [2.75, 3.05) is 6.54 Å². The summed E-state index contributed by atoms with van der Waals surface area (Å²) in [7, 11) is 0. The fourth-order valence-corrected chi connectivity index (χ4v) is 1.77. The number of hydrogen-bond acceptors (Lipinski definition) is 2. The van der Waals surface area contributed by atoms with Crippen molar-refractivity contribution < 1.29 is 0 Å². The number of nitriles is 1. The molecule has 3 heteroatoms. The van der Waals surface area contributed by atoms with E-state index in [1.165, 1.54) is 10.9 Å². The predicted octanol–water partition coefficient (Wildman–Crippen LogP) is 1.67. The van der Waals surface area contributed by atoms with Gasteiger partial charge in [-0.05, 0) is 36.0 Å². The summed E-state index contributed by atoms with van der Waals surface area (Å²) in [5.41, 5.74) is 7.86. The smallest absolute Gasteiger partial charge is 0.110 e. The fraction of sp³-hybridized carbons (Fsp3) is 0.250. The zero-order valence-electron chi connectivity index (χ0n) is 8.48. The Labute approximate surface area is 88.7 Å². The molecule has 0 saturated heterocycles. The Morgan fingerprint density at radius 3 is 2.93 bits per heavy atom. The van der Waals surface area contributed by atoms with Crippen molar-refractivity contribution in [1.29, 1.82) is 5.26 Å². The normalized spacial score (nSPS) is 10.4. The van der Waals surface area contributed by atoms with Crippen LogP contribution in [-0.2, 0) is 13.0 Å². The largest absolute Gasteiger partial charge is 0.334 e. The lowest BCUT2D eigenvalue weighted by Crippen LogP contribution is -2.02. The number of nitrogens with two attached hydrogens (primary N) is 1. The van der Waals surface area contributed by atoms with Crippen LogP contribution in [0.4, 0.5) is 0 Å². The topological polar surface area (TPSA) is 54.7 Å². The van der Waals surface area contributed by atoms with E-state index in [2.05, 4.69) is 24.3 Å². The van der Waals surface area contributed by atoms with Gasteiger partial charge in [0.2, 0.25) is 0 Å². The van der Waals surface area contributed by atoms with Gasteiger partial charge in [-0.25, -0.2) is 0 Å². The number of rotatable bonds is 3. The molecule has 1 aromatic carbocycles. The second-order valence-electron chi connectivity index (χ2n) is 3.53. The van der Waals surface area contributed by atoms with E-state index in [0.717, 1.165) is 11.9 Å². The van der Waals surface area contributed by atoms with Crippen LogP contribution < -0.4 is 5.73 Å². The van der Waals surface area contributed by atoms with Crippen LogP contribution in [0, 0.1) is 11.3 Å². The quantitative estimate of drug-likeness (QED) is 0.817. The zero-order valence-corrected chi connectivity index (χ0v) is 8.48. The van der Waals surface area contributed by atoms with Gasteiger partial charge in [-0.15, -0.1) is 0 Å². The standard InChI is InChI=1S/C12H13N3/c13-5-3-10-1-2-11-4-7-15(8-6-14)12(11)9-10/h1-2,4,7,9H,3,5,8,13H2. The Morgan fingerprint density at radius 2 is 2.20 bits per heavy atom. The van der Waals surface area contributed by atoms with E-state index < -0.39 is 0 Å². The van der Waals surface area contributed by atoms with Gasteiger partial charge in [-0.2, -0.15) is 5.26 Å². The summed E-state index contributed by atoms with van der Waals surface area (Å²) in [6.07, 6.45) is 2.83. The molecule has 0 radical (unpaired) electrons. The first-order valence-electron chi connectivity index (χ1n) is 5.00. The third-order valence-electron chi connectivity index (χ3n) is 2.51. The molecule has 0 aliphatic rings. The molecule has 0 amide bonds. The molecule has 0 atom stereocenters. The molecule has 15 heavy (non-hydrogen) atoms. The monoisotopic (exact) mass is 199 g/mol. The Morgan fingerprint density at radius 1 is 1.33 bits per heavy atom. The molecule has 0 saturated carbocycles. The van der Waals surface area contributed by atoms with Gasteiger partial charge in [0.05, 0.1) is 6.07 Å². The van der Waals surface area contributed by atoms with Crippen molar-refractivity contribution in [3.63, 3.8) is 0 Å². The highest BCUT2D eigenvalue weighted by atomic mass is 14.9. The number of aromatic nitrogens is 1. The van der Waals surface area contributed by atoms with Gasteiger partial charge in [-0.1, -0.05) is 12.1 Å². The van der Waals surface area contributed by atoms with Crippen molar-refractivity contribution in [2.45, 2.75) is 13.0 Å². The van der Waals surface area contributed by atoms with Crippen LogP contribution in [0.5, 0.6) is 0 Å². The molecule has 0 aliphatic carbocycles. The second kappa shape index (κ2) is 4.16. The first-order valence-corrected chi connectivity index (χ1v) is 5.00. The molecule has 0 aliphatic heterocycles. The van der Waals surface area contributed by atoms with Gasteiger partial charge in [0.25, 0.3) is 0 Å². The van der Waals surface area contributed by atoms with Gasteiger partial charge < -0.3 is 10.3 Å². The van der Waals surface area contributed by atoms with Crippen LogP contribution in [0.1, 0.15) is 5.56 Å². The van der Waals surface area contributed by atoms with Crippen molar-refractivity contribution in [1.82, 2.24) is 4.57 Å². The summed E-state index contributed by atoms with van der Waals surface area (Å²) in [5.74, 6) is 0. The summed E-state index contributed by atoms with van der Waals surface area (Å²) >= 11 is 0. The van der Waals surface area contributed by atoms with Crippen molar-refractivity contribution in [3.8, 4) is 6.07 Å². The van der Waals surface area contributed by atoms with E-state index in [4.69, 9.17) is 11.0 Å². The van der Waals surface area contributed by atoms with Gasteiger partial charge in [0.1, 0.15) is 6.54 Å². The summed E-state index contributed by atoms with van der Waals surface area (Å²) in [5, 5.41) is 9.85. The van der Waals surface area contributed by atoms with Crippen molar-refractivity contribution >= 4 is 10.9 Å². The van der Waals surface area contributed by atoms with Crippen LogP contribution in [0.2, 0.25) is 0 Å². The number of fused-ring (bicyclic) bond motifs is 1. The first-order chi connectivity index (χ1) is 7.35. The summed E-state index contributed by atoms with van der Waals surface area (Å²) < 4.78 is 1.95. The Bertz CT molecular complexity index is 505. The minimum Gasteiger partial charge on any atom is -0.334 e. The zero-order chi connectivity index (χ0) is 10.7. The van der Waals surface area contributed by atoms with E-state index in [1.807, 2.05) is 16.8 Å². The molecule has 2 N–H and O–H groups in total. The molecule has 1 heterocycles. The van der Waals surface area contributed by atoms with Gasteiger partial charge in [0.15, 0.2) is 0 Å². The number of benzene rings is 1. The molecule has 76 valence electrons. The maximum absolute atomic E-state index is 8.68. The lowest BCUT2D eigenvalue weighted by molar-refractivity contribution is 0.872. The summed E-state index contributed by atoms with van der Waals surface area (Å²) in [6, 6.07) is 10.5. The molecule has 1 aromatic heterocycles. The van der Waals surface area contributed by atoms with Gasteiger partial charge in [0, 0.05) is 11.7 Å². The van der Waals surface area contributed by atoms with Crippen LogP contribution in [0.3, 0.4) is 0 Å². The van der Waals surface area contributed by atoms with Crippen LogP contribution >= 0.6 is 0 Å². The lowest BCUT2D eigenvalue weighted by atomic mass is 10.1. The molecule has 0 fully saturated rings. The highest BCUT2D eigenvalue weighted by Gasteiger charge is 2.01. The number of nitrogens with zero attached hydrogens (tertiary/aromatic N) is 2. The maximum Gasteiger partial charge on any atom is 0.110 e. The van der Waals surface area contributed by atoms with E-state index in [9.17, 15) is 0 Å². The molecule has 2 rings (SSSR count). The van der Waals surface area contributed by atoms with E-state index in [-0.39, 0.29) is 0 Å². The molecule has 2 aromatic rings. The molecular formula is C12H13N3. The molecule has 0 unspecified atom stereocenters. The minimum atomic E-state index is 0.398. The SMILES string of the molecule is N#CCn1ccc2ccc(CCN)cc21.